The van der Waals surface area contributed by atoms with Crippen LogP contribution in [-0.4, -0.2) is 6.04 Å². The van der Waals surface area contributed by atoms with Crippen molar-refractivity contribution < 1.29 is 4.42 Å². The highest BCUT2D eigenvalue weighted by atomic mass is 16.3. The molecule has 0 radical (unpaired) electrons. The molecule has 92 valence electrons. The molecule has 0 bridgehead atoms. The summed E-state index contributed by atoms with van der Waals surface area (Å²) < 4.78 is 5.55. The van der Waals surface area contributed by atoms with Gasteiger partial charge in [-0.3, -0.25) is 0 Å². The van der Waals surface area contributed by atoms with Gasteiger partial charge in [0.05, 0.1) is 12.0 Å². The molecule has 1 N–H and O–H groups in total. The van der Waals surface area contributed by atoms with Crippen molar-refractivity contribution in [3.63, 3.8) is 0 Å². The van der Waals surface area contributed by atoms with Gasteiger partial charge in [0.1, 0.15) is 11.5 Å². The quantitative estimate of drug-likeness (QED) is 0.870. The molecule has 3 nitrogen and oxygen atoms in total. The third-order valence-electron chi connectivity index (χ3n) is 3.69. The molecule has 1 aromatic rings. The van der Waals surface area contributed by atoms with Crippen LogP contribution in [0.4, 0.5) is 0 Å². The summed E-state index contributed by atoms with van der Waals surface area (Å²) in [6.45, 7) is 6.11. The summed E-state index contributed by atoms with van der Waals surface area (Å²) in [7, 11) is 0. The summed E-state index contributed by atoms with van der Waals surface area (Å²) >= 11 is 0. The number of hydrogen-bond acceptors (Lipinski definition) is 3. The van der Waals surface area contributed by atoms with Crippen LogP contribution < -0.4 is 5.32 Å². The Morgan fingerprint density at radius 2 is 2.24 bits per heavy atom. The fourth-order valence-electron chi connectivity index (χ4n) is 2.81. The second-order valence-corrected chi connectivity index (χ2v) is 5.03. The fraction of sp³-hybridized carbons (Fsp3) is 0.643. The van der Waals surface area contributed by atoms with Gasteiger partial charge >= 0.3 is 0 Å². The van der Waals surface area contributed by atoms with Gasteiger partial charge in [0.15, 0.2) is 0 Å². The molecular formula is C14H20N2O. The summed E-state index contributed by atoms with van der Waals surface area (Å²) in [5.41, 5.74) is 1.21. The predicted molar refractivity (Wildman–Crippen MR) is 66.5 cm³/mol. The lowest BCUT2D eigenvalue weighted by molar-refractivity contribution is 0.411. The lowest BCUT2D eigenvalue weighted by Gasteiger charge is -2.21. The Morgan fingerprint density at radius 3 is 2.82 bits per heavy atom. The number of nitriles is 1. The molecule has 0 saturated heterocycles. The summed E-state index contributed by atoms with van der Waals surface area (Å²) in [6, 6.07) is 5.08. The molecule has 0 aromatic carbocycles. The Bertz CT molecular complexity index is 430. The van der Waals surface area contributed by atoms with Crippen molar-refractivity contribution in [1.29, 1.82) is 5.26 Å². The van der Waals surface area contributed by atoms with Gasteiger partial charge in [-0.1, -0.05) is 6.42 Å². The summed E-state index contributed by atoms with van der Waals surface area (Å²) in [6.07, 6.45) is 3.30. The van der Waals surface area contributed by atoms with Gasteiger partial charge in [0.25, 0.3) is 0 Å². The molecule has 3 atom stereocenters. The Kier molecular flexibility index (Phi) is 3.54. The average Bonchev–Trinajstić information content (AvgIpc) is 2.84. The van der Waals surface area contributed by atoms with Gasteiger partial charge in [0, 0.05) is 17.6 Å². The molecule has 1 aliphatic carbocycles. The van der Waals surface area contributed by atoms with E-state index in [4.69, 9.17) is 9.68 Å². The largest absolute Gasteiger partial charge is 0.466 e. The number of rotatable bonds is 3. The molecule has 17 heavy (non-hydrogen) atoms. The zero-order valence-electron chi connectivity index (χ0n) is 10.8. The molecule has 0 aliphatic heterocycles. The molecule has 1 heterocycles. The zero-order valence-corrected chi connectivity index (χ0v) is 10.8. The van der Waals surface area contributed by atoms with Gasteiger partial charge < -0.3 is 9.73 Å². The standard InChI is InChI=1S/C14H20N2O/c1-9-7-13(11(3)17-9)10(2)16-14-6-4-5-12(14)8-15/h7,10,12,14,16H,4-6H2,1-3H3. The lowest BCUT2D eigenvalue weighted by Crippen LogP contribution is -2.34. The van der Waals surface area contributed by atoms with E-state index >= 15 is 0 Å². The van der Waals surface area contributed by atoms with Crippen molar-refractivity contribution in [1.82, 2.24) is 5.32 Å². The van der Waals surface area contributed by atoms with Gasteiger partial charge in [-0.2, -0.15) is 5.26 Å². The SMILES string of the molecule is Cc1cc(C(C)NC2CCCC2C#N)c(C)o1. The molecule has 1 aliphatic rings. The number of nitrogens with one attached hydrogen (secondary N) is 1. The van der Waals surface area contributed by atoms with Crippen LogP contribution in [0.15, 0.2) is 10.5 Å². The van der Waals surface area contributed by atoms with Crippen LogP contribution in [0.3, 0.4) is 0 Å². The van der Waals surface area contributed by atoms with E-state index in [2.05, 4.69) is 24.4 Å². The lowest BCUT2D eigenvalue weighted by atomic mass is 10.0. The highest BCUT2D eigenvalue weighted by Gasteiger charge is 2.28. The monoisotopic (exact) mass is 232 g/mol. The Hall–Kier alpha value is -1.27. The topological polar surface area (TPSA) is 49.0 Å². The highest BCUT2D eigenvalue weighted by molar-refractivity contribution is 5.23. The second kappa shape index (κ2) is 4.93. The summed E-state index contributed by atoms with van der Waals surface area (Å²) in [5.74, 6) is 2.11. The van der Waals surface area contributed by atoms with Gasteiger partial charge in [-0.05, 0) is 39.7 Å². The number of hydrogen-bond donors (Lipinski definition) is 1. The van der Waals surface area contributed by atoms with Crippen molar-refractivity contribution in [2.24, 2.45) is 5.92 Å². The Balaban J connectivity index is 2.04. The summed E-state index contributed by atoms with van der Waals surface area (Å²) in [5, 5.41) is 12.6. The maximum absolute atomic E-state index is 9.07. The van der Waals surface area contributed by atoms with E-state index in [0.29, 0.717) is 6.04 Å². The van der Waals surface area contributed by atoms with Crippen molar-refractivity contribution >= 4 is 0 Å². The van der Waals surface area contributed by atoms with Crippen LogP contribution in [0.2, 0.25) is 0 Å². The second-order valence-electron chi connectivity index (χ2n) is 5.03. The fourth-order valence-corrected chi connectivity index (χ4v) is 2.81. The molecular weight excluding hydrogens is 212 g/mol. The first kappa shape index (κ1) is 12.2. The van der Waals surface area contributed by atoms with Crippen LogP contribution >= 0.6 is 0 Å². The normalized spacial score (nSPS) is 25.8. The highest BCUT2D eigenvalue weighted by Crippen LogP contribution is 2.28. The number of furan rings is 1. The minimum atomic E-state index is 0.172. The first-order valence-corrected chi connectivity index (χ1v) is 6.34. The van der Waals surface area contributed by atoms with Crippen molar-refractivity contribution in [3.8, 4) is 6.07 Å². The van der Waals surface area contributed by atoms with Crippen LogP contribution in [0.5, 0.6) is 0 Å². The first-order chi connectivity index (χ1) is 8.11. The third-order valence-corrected chi connectivity index (χ3v) is 3.69. The molecule has 2 rings (SSSR count). The summed E-state index contributed by atoms with van der Waals surface area (Å²) in [4.78, 5) is 0. The molecule has 3 unspecified atom stereocenters. The number of nitrogens with zero attached hydrogens (tertiary/aromatic N) is 1. The molecule has 1 fully saturated rings. The average molecular weight is 232 g/mol. The maximum Gasteiger partial charge on any atom is 0.105 e. The van der Waals surface area contributed by atoms with Crippen molar-refractivity contribution in [3.05, 3.63) is 23.2 Å². The van der Waals surface area contributed by atoms with Crippen LogP contribution in [0.25, 0.3) is 0 Å². The van der Waals surface area contributed by atoms with E-state index in [1.807, 2.05) is 13.8 Å². The van der Waals surface area contributed by atoms with Crippen LogP contribution in [-0.2, 0) is 0 Å². The van der Waals surface area contributed by atoms with Crippen LogP contribution in [0, 0.1) is 31.1 Å². The molecule has 1 saturated carbocycles. The van der Waals surface area contributed by atoms with Crippen molar-refractivity contribution in [2.75, 3.05) is 0 Å². The van der Waals surface area contributed by atoms with E-state index in [9.17, 15) is 0 Å². The molecule has 3 heteroatoms. The zero-order chi connectivity index (χ0) is 12.4. The van der Waals surface area contributed by atoms with E-state index in [0.717, 1.165) is 30.8 Å². The van der Waals surface area contributed by atoms with E-state index < -0.39 is 0 Å². The predicted octanol–water partition coefficient (Wildman–Crippen LogP) is 3.24. The smallest absolute Gasteiger partial charge is 0.105 e. The Morgan fingerprint density at radius 1 is 1.47 bits per heavy atom. The molecule has 1 aromatic heterocycles. The van der Waals surface area contributed by atoms with E-state index in [-0.39, 0.29) is 12.0 Å². The van der Waals surface area contributed by atoms with Crippen molar-refractivity contribution in [2.45, 2.75) is 52.1 Å². The van der Waals surface area contributed by atoms with Crippen LogP contribution in [0.1, 0.15) is 49.3 Å². The van der Waals surface area contributed by atoms with Gasteiger partial charge in [-0.15, -0.1) is 0 Å². The van der Waals surface area contributed by atoms with Gasteiger partial charge in [-0.25, -0.2) is 0 Å². The van der Waals surface area contributed by atoms with Gasteiger partial charge in [0.2, 0.25) is 0 Å². The minimum Gasteiger partial charge on any atom is -0.466 e. The minimum absolute atomic E-state index is 0.172. The molecule has 0 amide bonds. The van der Waals surface area contributed by atoms with E-state index in [1.165, 1.54) is 5.56 Å². The first-order valence-electron chi connectivity index (χ1n) is 6.34. The third kappa shape index (κ3) is 2.53. The molecule has 0 spiro atoms. The maximum atomic E-state index is 9.07. The Labute approximate surface area is 103 Å². The van der Waals surface area contributed by atoms with E-state index in [1.54, 1.807) is 0 Å². The number of aryl methyl sites for hydroxylation is 2.